The van der Waals surface area contributed by atoms with Crippen molar-refractivity contribution in [2.75, 3.05) is 6.54 Å². The third kappa shape index (κ3) is 2.33. The Hall–Kier alpha value is -0.0800. The van der Waals surface area contributed by atoms with Gasteiger partial charge in [-0.25, -0.2) is 5.48 Å². The van der Waals surface area contributed by atoms with Crippen LogP contribution in [0.1, 0.15) is 32.1 Å². The Balaban J connectivity index is 1.98. The molecule has 54 valence electrons. The quantitative estimate of drug-likeness (QED) is 0.566. The molecule has 0 atom stereocenters. The fourth-order valence-corrected chi connectivity index (χ4v) is 1.57. The second-order valence-corrected chi connectivity index (χ2v) is 2.85. The number of nitrogens with one attached hydrogen (secondary N) is 1. The van der Waals surface area contributed by atoms with Crippen LogP contribution < -0.4 is 5.48 Å². The van der Waals surface area contributed by atoms with Gasteiger partial charge in [-0.15, -0.1) is 0 Å². The minimum absolute atomic E-state index is 0.769. The molecule has 0 spiro atoms. The minimum atomic E-state index is 0.769. The lowest BCUT2D eigenvalue weighted by Gasteiger charge is -2.05. The molecule has 0 heterocycles. The highest BCUT2D eigenvalue weighted by Gasteiger charge is 2.13. The van der Waals surface area contributed by atoms with E-state index in [-0.39, 0.29) is 0 Å². The van der Waals surface area contributed by atoms with Crippen molar-refractivity contribution in [3.8, 4) is 0 Å². The summed E-state index contributed by atoms with van der Waals surface area (Å²) in [6.45, 7) is 0.769. The average Bonchev–Trinajstić information content (AvgIpc) is 2.34. The fourth-order valence-electron chi connectivity index (χ4n) is 1.57. The van der Waals surface area contributed by atoms with E-state index in [1.807, 2.05) is 0 Å². The van der Waals surface area contributed by atoms with Crippen LogP contribution in [0.5, 0.6) is 0 Å². The van der Waals surface area contributed by atoms with Gasteiger partial charge < -0.3 is 5.21 Å². The first-order valence-corrected chi connectivity index (χ1v) is 3.80. The van der Waals surface area contributed by atoms with Crippen molar-refractivity contribution in [2.24, 2.45) is 5.92 Å². The second-order valence-electron chi connectivity index (χ2n) is 2.85. The van der Waals surface area contributed by atoms with Crippen molar-refractivity contribution < 1.29 is 5.21 Å². The molecule has 1 aliphatic carbocycles. The lowest BCUT2D eigenvalue weighted by atomic mass is 10.1. The molecule has 1 saturated carbocycles. The Bertz CT molecular complexity index is 69.3. The first-order valence-electron chi connectivity index (χ1n) is 3.80. The topological polar surface area (TPSA) is 32.3 Å². The Kier molecular flexibility index (Phi) is 3.01. The molecule has 1 aliphatic rings. The number of hydrogen-bond donors (Lipinski definition) is 2. The van der Waals surface area contributed by atoms with Crippen molar-refractivity contribution in [1.29, 1.82) is 0 Å². The summed E-state index contributed by atoms with van der Waals surface area (Å²) in [7, 11) is 0. The summed E-state index contributed by atoms with van der Waals surface area (Å²) in [6.07, 6.45) is 6.70. The van der Waals surface area contributed by atoms with Crippen molar-refractivity contribution in [3.05, 3.63) is 0 Å². The van der Waals surface area contributed by atoms with Crippen LogP contribution in [-0.2, 0) is 0 Å². The third-order valence-corrected chi connectivity index (χ3v) is 2.14. The Morgan fingerprint density at radius 3 is 2.56 bits per heavy atom. The van der Waals surface area contributed by atoms with Gasteiger partial charge in [-0.1, -0.05) is 25.7 Å². The van der Waals surface area contributed by atoms with Crippen LogP contribution >= 0.6 is 0 Å². The maximum Gasteiger partial charge on any atom is 0.0210 e. The zero-order valence-corrected chi connectivity index (χ0v) is 5.77. The van der Waals surface area contributed by atoms with Gasteiger partial charge in [0.2, 0.25) is 0 Å². The van der Waals surface area contributed by atoms with Gasteiger partial charge in [-0.05, 0) is 12.3 Å². The highest BCUT2D eigenvalue weighted by Crippen LogP contribution is 2.26. The van der Waals surface area contributed by atoms with E-state index in [0.717, 1.165) is 18.9 Å². The molecule has 2 nitrogen and oxygen atoms in total. The predicted octanol–water partition coefficient (Wildman–Crippen LogP) is 1.55. The summed E-state index contributed by atoms with van der Waals surface area (Å²) in [5, 5.41) is 8.28. The van der Waals surface area contributed by atoms with E-state index in [1.54, 1.807) is 0 Å². The monoisotopic (exact) mass is 129 g/mol. The van der Waals surface area contributed by atoms with E-state index in [4.69, 9.17) is 5.21 Å². The van der Waals surface area contributed by atoms with Gasteiger partial charge in [-0.3, -0.25) is 0 Å². The molecule has 9 heavy (non-hydrogen) atoms. The SMILES string of the molecule is ONCCC1CCCC1. The molecular weight excluding hydrogens is 114 g/mol. The van der Waals surface area contributed by atoms with Gasteiger partial charge in [0.25, 0.3) is 0 Å². The smallest absolute Gasteiger partial charge is 0.0210 e. The average molecular weight is 129 g/mol. The standard InChI is InChI=1S/C7H15NO/c9-8-6-5-7-3-1-2-4-7/h7-9H,1-6H2. The number of rotatable bonds is 3. The molecule has 1 fully saturated rings. The van der Waals surface area contributed by atoms with E-state index < -0.39 is 0 Å². The highest BCUT2D eigenvalue weighted by atomic mass is 16.5. The lowest BCUT2D eigenvalue weighted by molar-refractivity contribution is 0.159. The van der Waals surface area contributed by atoms with Crippen LogP contribution in [0.15, 0.2) is 0 Å². The van der Waals surface area contributed by atoms with Gasteiger partial charge >= 0.3 is 0 Å². The minimum Gasteiger partial charge on any atom is -0.317 e. The molecule has 0 aromatic rings. The highest BCUT2D eigenvalue weighted by molar-refractivity contribution is 4.66. The van der Waals surface area contributed by atoms with Crippen LogP contribution in [0.25, 0.3) is 0 Å². The zero-order chi connectivity index (χ0) is 6.53. The third-order valence-electron chi connectivity index (χ3n) is 2.14. The molecular formula is C7H15NO. The van der Waals surface area contributed by atoms with Crippen molar-refractivity contribution in [3.63, 3.8) is 0 Å². The molecule has 0 unspecified atom stereocenters. The molecule has 0 aliphatic heterocycles. The van der Waals surface area contributed by atoms with Crippen LogP contribution in [0, 0.1) is 5.92 Å². The molecule has 2 N–H and O–H groups in total. The first kappa shape index (κ1) is 7.03. The summed E-state index contributed by atoms with van der Waals surface area (Å²) in [5.74, 6) is 0.893. The zero-order valence-electron chi connectivity index (χ0n) is 5.77. The predicted molar refractivity (Wildman–Crippen MR) is 36.4 cm³/mol. The molecule has 0 saturated heterocycles. The second kappa shape index (κ2) is 3.85. The number of hydroxylamine groups is 1. The maximum absolute atomic E-state index is 8.28. The van der Waals surface area contributed by atoms with Gasteiger partial charge in [0, 0.05) is 6.54 Å². The van der Waals surface area contributed by atoms with Crippen LogP contribution in [-0.4, -0.2) is 11.8 Å². The summed E-state index contributed by atoms with van der Waals surface area (Å²) in [4.78, 5) is 0. The molecule has 0 aromatic carbocycles. The summed E-state index contributed by atoms with van der Waals surface area (Å²) < 4.78 is 0. The van der Waals surface area contributed by atoms with E-state index in [2.05, 4.69) is 5.48 Å². The Labute approximate surface area is 56.2 Å². The van der Waals surface area contributed by atoms with Crippen LogP contribution in [0.2, 0.25) is 0 Å². The van der Waals surface area contributed by atoms with Crippen molar-refractivity contribution >= 4 is 0 Å². The van der Waals surface area contributed by atoms with E-state index >= 15 is 0 Å². The van der Waals surface area contributed by atoms with Crippen molar-refractivity contribution in [1.82, 2.24) is 5.48 Å². The fraction of sp³-hybridized carbons (Fsp3) is 1.00. The summed E-state index contributed by atoms with van der Waals surface area (Å²) >= 11 is 0. The summed E-state index contributed by atoms with van der Waals surface area (Å²) in [5.41, 5.74) is 2.19. The first-order chi connectivity index (χ1) is 4.43. The van der Waals surface area contributed by atoms with Crippen molar-refractivity contribution in [2.45, 2.75) is 32.1 Å². The Morgan fingerprint density at radius 2 is 2.00 bits per heavy atom. The molecule has 0 aromatic heterocycles. The van der Waals surface area contributed by atoms with Crippen LogP contribution in [0.4, 0.5) is 0 Å². The van der Waals surface area contributed by atoms with E-state index in [1.165, 1.54) is 25.7 Å². The van der Waals surface area contributed by atoms with Gasteiger partial charge in [0.15, 0.2) is 0 Å². The molecule has 0 amide bonds. The van der Waals surface area contributed by atoms with E-state index in [0.29, 0.717) is 0 Å². The largest absolute Gasteiger partial charge is 0.317 e. The molecule has 1 rings (SSSR count). The van der Waals surface area contributed by atoms with Gasteiger partial charge in [-0.2, -0.15) is 0 Å². The molecule has 2 heteroatoms. The lowest BCUT2D eigenvalue weighted by Crippen LogP contribution is -2.11. The molecule has 0 radical (unpaired) electrons. The molecule has 0 bridgehead atoms. The van der Waals surface area contributed by atoms with Gasteiger partial charge in [0.1, 0.15) is 0 Å². The van der Waals surface area contributed by atoms with E-state index in [9.17, 15) is 0 Å². The van der Waals surface area contributed by atoms with Gasteiger partial charge in [0.05, 0.1) is 0 Å². The summed E-state index contributed by atoms with van der Waals surface area (Å²) in [6, 6.07) is 0. The Morgan fingerprint density at radius 1 is 1.33 bits per heavy atom. The normalized spacial score (nSPS) is 21.0. The number of hydrogen-bond acceptors (Lipinski definition) is 2. The maximum atomic E-state index is 8.28. The van der Waals surface area contributed by atoms with Crippen LogP contribution in [0.3, 0.4) is 0 Å².